The fraction of sp³-hybridized carbons (Fsp3) is 0.545. The van der Waals surface area contributed by atoms with Crippen LogP contribution in [0.15, 0.2) is 60.7 Å². The monoisotopic (exact) mass is 612 g/mol. The first-order chi connectivity index (χ1) is 21.1. The third-order valence-corrected chi connectivity index (χ3v) is 7.66. The van der Waals surface area contributed by atoms with Crippen molar-refractivity contribution < 1.29 is 42.8 Å². The van der Waals surface area contributed by atoms with E-state index >= 15 is 0 Å². The van der Waals surface area contributed by atoms with Gasteiger partial charge in [0.25, 0.3) is 0 Å². The van der Waals surface area contributed by atoms with E-state index in [0.29, 0.717) is 12.8 Å². The molecule has 2 fully saturated rings. The molecule has 0 unspecified atom stereocenters. The molecular weight excluding hydrogens is 568 g/mol. The van der Waals surface area contributed by atoms with Crippen molar-refractivity contribution in [1.29, 1.82) is 0 Å². The molecular formula is C33H44N2O9. The lowest BCUT2D eigenvalue weighted by atomic mass is 9.96. The second-order valence-electron chi connectivity index (χ2n) is 11.5. The standard InChI is InChI=1S/C33H44N2O9/c1-6-40-30(37)26(34-22(2)36)18-17-25(19-27-28-29(31(39-5)42-27)44-33(3,4)43-28)35(20-23-13-9-7-10-14-23)32(38)41-21-24-15-11-8-12-16-24/h7-16,25-29,31H,6,17-21H2,1-5H3,(H,34,36)/t25-,26-,27+,28+,29+,31+/m0/s1. The van der Waals surface area contributed by atoms with E-state index in [-0.39, 0.29) is 32.1 Å². The highest BCUT2D eigenvalue weighted by Gasteiger charge is 2.56. The lowest BCUT2D eigenvalue weighted by Crippen LogP contribution is -2.46. The number of fused-ring (bicyclic) bond motifs is 1. The van der Waals surface area contributed by atoms with Crippen molar-refractivity contribution in [2.45, 2.75) is 103 Å². The molecule has 0 spiro atoms. The van der Waals surface area contributed by atoms with E-state index in [1.54, 1.807) is 18.9 Å². The number of nitrogens with zero attached hydrogens (tertiary/aromatic N) is 1. The Hall–Kier alpha value is -3.51. The number of amides is 2. The molecule has 2 aliphatic rings. The zero-order valence-electron chi connectivity index (χ0n) is 26.1. The van der Waals surface area contributed by atoms with Crippen LogP contribution in [0.4, 0.5) is 4.79 Å². The first kappa shape index (κ1) is 33.4. The smallest absolute Gasteiger partial charge is 0.410 e. The number of methoxy groups -OCH3 is 1. The normalized spacial score (nSPS) is 23.3. The molecule has 2 aliphatic heterocycles. The number of carbonyl (C=O) groups excluding carboxylic acids is 3. The van der Waals surface area contributed by atoms with Crippen molar-refractivity contribution in [2.24, 2.45) is 0 Å². The van der Waals surface area contributed by atoms with Crippen molar-refractivity contribution in [3.05, 3.63) is 71.8 Å². The quantitative estimate of drug-likeness (QED) is 0.311. The van der Waals surface area contributed by atoms with Crippen LogP contribution in [0.25, 0.3) is 0 Å². The molecule has 4 rings (SSSR count). The highest BCUT2D eigenvalue weighted by Crippen LogP contribution is 2.41. The Morgan fingerprint density at radius 1 is 0.932 bits per heavy atom. The second kappa shape index (κ2) is 15.5. The minimum absolute atomic E-state index is 0.0938. The molecule has 0 radical (unpaired) electrons. The Labute approximate surface area is 259 Å². The molecule has 240 valence electrons. The van der Waals surface area contributed by atoms with Gasteiger partial charge < -0.3 is 38.6 Å². The maximum absolute atomic E-state index is 13.9. The molecule has 2 saturated heterocycles. The summed E-state index contributed by atoms with van der Waals surface area (Å²) in [6, 6.07) is 17.7. The van der Waals surface area contributed by atoms with E-state index in [1.165, 1.54) is 6.92 Å². The third kappa shape index (κ3) is 9.01. The molecule has 6 atom stereocenters. The molecule has 0 aromatic heterocycles. The number of esters is 1. The fourth-order valence-corrected chi connectivity index (χ4v) is 5.71. The predicted octanol–water partition coefficient (Wildman–Crippen LogP) is 4.32. The van der Waals surface area contributed by atoms with Crippen LogP contribution in [-0.2, 0) is 51.2 Å². The number of rotatable bonds is 14. The van der Waals surface area contributed by atoms with Gasteiger partial charge in [-0.2, -0.15) is 0 Å². The van der Waals surface area contributed by atoms with E-state index in [1.807, 2.05) is 74.5 Å². The molecule has 2 heterocycles. The molecule has 1 N–H and O–H groups in total. The van der Waals surface area contributed by atoms with Gasteiger partial charge in [-0.15, -0.1) is 0 Å². The van der Waals surface area contributed by atoms with Crippen molar-refractivity contribution in [2.75, 3.05) is 13.7 Å². The van der Waals surface area contributed by atoms with E-state index in [0.717, 1.165) is 11.1 Å². The molecule has 0 saturated carbocycles. The largest absolute Gasteiger partial charge is 0.464 e. The summed E-state index contributed by atoms with van der Waals surface area (Å²) in [5.41, 5.74) is 1.76. The van der Waals surface area contributed by atoms with E-state index in [9.17, 15) is 14.4 Å². The van der Waals surface area contributed by atoms with E-state index in [4.69, 9.17) is 28.4 Å². The molecule has 2 aromatic rings. The molecule has 0 bridgehead atoms. The molecule has 2 amide bonds. The Morgan fingerprint density at radius 2 is 1.57 bits per heavy atom. The zero-order valence-corrected chi connectivity index (χ0v) is 26.1. The summed E-state index contributed by atoms with van der Waals surface area (Å²) in [7, 11) is 1.55. The van der Waals surface area contributed by atoms with Crippen LogP contribution in [0.2, 0.25) is 0 Å². The SMILES string of the molecule is CCOC(=O)[C@H](CC[C@@H](C[C@H]1O[C@@H](OC)[C@@H]2OC(C)(C)O[C@@H]21)N(Cc1ccccc1)C(=O)OCc1ccccc1)NC(C)=O. The molecule has 11 heteroatoms. The van der Waals surface area contributed by atoms with Crippen LogP contribution in [-0.4, -0.2) is 79.1 Å². The Balaban J connectivity index is 1.63. The Kier molecular flexibility index (Phi) is 11.7. The number of benzene rings is 2. The summed E-state index contributed by atoms with van der Waals surface area (Å²) in [5.74, 6) is -1.72. The van der Waals surface area contributed by atoms with Gasteiger partial charge in [0.15, 0.2) is 12.1 Å². The first-order valence-corrected chi connectivity index (χ1v) is 15.1. The number of hydrogen-bond donors (Lipinski definition) is 1. The fourth-order valence-electron chi connectivity index (χ4n) is 5.71. The zero-order chi connectivity index (χ0) is 31.7. The van der Waals surface area contributed by atoms with Gasteiger partial charge in [-0.1, -0.05) is 60.7 Å². The lowest BCUT2D eigenvalue weighted by molar-refractivity contribution is -0.228. The van der Waals surface area contributed by atoms with Gasteiger partial charge in [0.05, 0.1) is 12.7 Å². The van der Waals surface area contributed by atoms with Crippen LogP contribution >= 0.6 is 0 Å². The summed E-state index contributed by atoms with van der Waals surface area (Å²) in [5, 5.41) is 2.70. The van der Waals surface area contributed by atoms with Crippen LogP contribution < -0.4 is 5.32 Å². The minimum atomic E-state index is -0.886. The summed E-state index contributed by atoms with van der Waals surface area (Å²) in [6.07, 6.45) is -1.65. The minimum Gasteiger partial charge on any atom is -0.464 e. The van der Waals surface area contributed by atoms with Crippen molar-refractivity contribution in [3.63, 3.8) is 0 Å². The van der Waals surface area contributed by atoms with E-state index < -0.39 is 54.5 Å². The predicted molar refractivity (Wildman–Crippen MR) is 160 cm³/mol. The summed E-state index contributed by atoms with van der Waals surface area (Å²) in [4.78, 5) is 40.3. The number of carbonyl (C=O) groups is 3. The average molecular weight is 613 g/mol. The number of ether oxygens (including phenoxy) is 6. The first-order valence-electron chi connectivity index (χ1n) is 15.1. The molecule has 11 nitrogen and oxygen atoms in total. The van der Waals surface area contributed by atoms with Crippen molar-refractivity contribution in [3.8, 4) is 0 Å². The van der Waals surface area contributed by atoms with Crippen LogP contribution in [0.3, 0.4) is 0 Å². The van der Waals surface area contributed by atoms with Gasteiger partial charge in [0.1, 0.15) is 24.9 Å². The van der Waals surface area contributed by atoms with E-state index in [2.05, 4.69) is 5.32 Å². The van der Waals surface area contributed by atoms with Crippen molar-refractivity contribution in [1.82, 2.24) is 10.2 Å². The van der Waals surface area contributed by atoms with Gasteiger partial charge in [0, 0.05) is 26.6 Å². The van der Waals surface area contributed by atoms with Crippen molar-refractivity contribution >= 4 is 18.0 Å². The maximum Gasteiger partial charge on any atom is 0.410 e. The Bertz CT molecular complexity index is 1230. The van der Waals surface area contributed by atoms with Gasteiger partial charge in [-0.25, -0.2) is 9.59 Å². The molecule has 44 heavy (non-hydrogen) atoms. The average Bonchev–Trinajstić information content (AvgIpc) is 3.49. The van der Waals surface area contributed by atoms with Gasteiger partial charge in [0.2, 0.25) is 5.91 Å². The van der Waals surface area contributed by atoms with Crippen LogP contribution in [0.5, 0.6) is 0 Å². The van der Waals surface area contributed by atoms with Gasteiger partial charge in [-0.05, 0) is 51.2 Å². The number of nitrogens with one attached hydrogen (secondary N) is 1. The number of hydrogen-bond acceptors (Lipinski definition) is 9. The summed E-state index contributed by atoms with van der Waals surface area (Å²) in [6.45, 7) is 7.26. The molecule has 0 aliphatic carbocycles. The highest BCUT2D eigenvalue weighted by atomic mass is 16.8. The summed E-state index contributed by atoms with van der Waals surface area (Å²) >= 11 is 0. The van der Waals surface area contributed by atoms with Gasteiger partial charge in [-0.3, -0.25) is 4.79 Å². The van der Waals surface area contributed by atoms with Crippen LogP contribution in [0.1, 0.15) is 58.1 Å². The topological polar surface area (TPSA) is 122 Å². The second-order valence-corrected chi connectivity index (χ2v) is 11.5. The maximum atomic E-state index is 13.9. The molecule has 2 aromatic carbocycles. The van der Waals surface area contributed by atoms with Gasteiger partial charge >= 0.3 is 12.1 Å². The van der Waals surface area contributed by atoms with Crippen LogP contribution in [0, 0.1) is 0 Å². The Morgan fingerprint density at radius 3 is 2.18 bits per heavy atom. The lowest BCUT2D eigenvalue weighted by Gasteiger charge is -2.34. The highest BCUT2D eigenvalue weighted by molar-refractivity contribution is 5.83. The summed E-state index contributed by atoms with van der Waals surface area (Å²) < 4.78 is 35.2. The third-order valence-electron chi connectivity index (χ3n) is 7.66.